The molecule has 170 valence electrons. The van der Waals surface area contributed by atoms with E-state index in [2.05, 4.69) is 15.3 Å². The molecule has 0 bridgehead atoms. The third-order valence-electron chi connectivity index (χ3n) is 5.62. The van der Waals surface area contributed by atoms with Gasteiger partial charge in [0, 0.05) is 26.2 Å². The van der Waals surface area contributed by atoms with E-state index >= 15 is 0 Å². The number of fused-ring (bicyclic) bond motifs is 1. The Bertz CT molecular complexity index is 998. The van der Waals surface area contributed by atoms with E-state index in [9.17, 15) is 14.0 Å². The van der Waals surface area contributed by atoms with Crippen molar-refractivity contribution in [2.75, 3.05) is 31.1 Å². The molecule has 2 heterocycles. The fourth-order valence-electron chi connectivity index (χ4n) is 4.00. The van der Waals surface area contributed by atoms with E-state index in [4.69, 9.17) is 4.74 Å². The highest BCUT2D eigenvalue weighted by atomic mass is 19.1. The number of hydrogen-bond donors (Lipinski definition) is 1. The maximum absolute atomic E-state index is 13.6. The summed E-state index contributed by atoms with van der Waals surface area (Å²) in [6, 6.07) is 4.48. The third-order valence-corrected chi connectivity index (χ3v) is 5.62. The summed E-state index contributed by atoms with van der Waals surface area (Å²) in [6.07, 6.45) is 4.24. The molecule has 0 spiro atoms. The molecule has 8 nitrogen and oxygen atoms in total. The van der Waals surface area contributed by atoms with Crippen LogP contribution in [0.25, 0.3) is 0 Å². The maximum atomic E-state index is 13.6. The molecule has 2 amide bonds. The molecule has 1 N–H and O–H groups in total. The van der Waals surface area contributed by atoms with Crippen LogP contribution in [-0.4, -0.2) is 58.6 Å². The van der Waals surface area contributed by atoms with Gasteiger partial charge in [0.05, 0.1) is 18.4 Å². The Morgan fingerprint density at radius 2 is 1.88 bits per heavy atom. The van der Waals surface area contributed by atoms with Gasteiger partial charge in [-0.05, 0) is 56.9 Å². The zero-order valence-corrected chi connectivity index (χ0v) is 18.6. The lowest BCUT2D eigenvalue weighted by Crippen LogP contribution is -2.50. The molecule has 32 heavy (non-hydrogen) atoms. The molecule has 2 aliphatic rings. The number of hydrogen-bond acceptors (Lipinski definition) is 6. The van der Waals surface area contributed by atoms with Crippen LogP contribution in [0.1, 0.15) is 54.8 Å². The number of nitrogens with zero attached hydrogens (tertiary/aromatic N) is 4. The van der Waals surface area contributed by atoms with Crippen molar-refractivity contribution in [1.29, 1.82) is 0 Å². The number of aryl methyl sites for hydroxylation is 1. The summed E-state index contributed by atoms with van der Waals surface area (Å²) < 4.78 is 19.0. The van der Waals surface area contributed by atoms with Crippen molar-refractivity contribution in [3.8, 4) is 0 Å². The molecule has 1 aromatic carbocycles. The minimum absolute atomic E-state index is 0.214. The molecule has 1 aliphatic heterocycles. The van der Waals surface area contributed by atoms with Crippen LogP contribution in [0.2, 0.25) is 0 Å². The zero-order valence-electron chi connectivity index (χ0n) is 18.6. The zero-order chi connectivity index (χ0) is 22.9. The lowest BCUT2D eigenvalue weighted by molar-refractivity contribution is 0.0240. The Morgan fingerprint density at radius 1 is 1.12 bits per heavy atom. The van der Waals surface area contributed by atoms with Gasteiger partial charge in [0.15, 0.2) is 0 Å². The minimum Gasteiger partial charge on any atom is -0.444 e. The molecular weight excluding hydrogens is 413 g/mol. The van der Waals surface area contributed by atoms with Gasteiger partial charge in [-0.1, -0.05) is 6.07 Å². The van der Waals surface area contributed by atoms with Crippen LogP contribution in [0.5, 0.6) is 0 Å². The summed E-state index contributed by atoms with van der Waals surface area (Å²) in [5, 5.41) is 2.93. The number of anilines is 1. The van der Waals surface area contributed by atoms with E-state index in [1.165, 1.54) is 18.3 Å². The lowest BCUT2D eigenvalue weighted by atomic mass is 10.1. The van der Waals surface area contributed by atoms with Crippen molar-refractivity contribution in [1.82, 2.24) is 20.2 Å². The second kappa shape index (κ2) is 8.72. The van der Waals surface area contributed by atoms with E-state index in [-0.39, 0.29) is 29.6 Å². The second-order valence-electron chi connectivity index (χ2n) is 9.12. The number of benzene rings is 1. The molecule has 9 heteroatoms. The molecule has 1 atom stereocenters. The lowest BCUT2D eigenvalue weighted by Gasteiger charge is -2.36. The standard InChI is InChI=1S/C23H28FN5O3/c1-23(2,3)32-22(31)29-10-8-28(9-11-29)20-14-25-19(13-26-20)21(30)27-18-7-5-15-4-6-16(24)12-17(15)18/h4,6,12-14,18H,5,7-11H2,1-3H3,(H,27,30). The van der Waals surface area contributed by atoms with Gasteiger partial charge < -0.3 is 19.9 Å². The fraction of sp³-hybridized carbons (Fsp3) is 0.478. The van der Waals surface area contributed by atoms with Gasteiger partial charge in [0.2, 0.25) is 0 Å². The summed E-state index contributed by atoms with van der Waals surface area (Å²) in [4.78, 5) is 37.2. The van der Waals surface area contributed by atoms with E-state index in [0.717, 1.165) is 24.0 Å². The first-order chi connectivity index (χ1) is 15.2. The number of carbonyl (C=O) groups is 2. The highest BCUT2D eigenvalue weighted by Gasteiger charge is 2.27. The fourth-order valence-corrected chi connectivity index (χ4v) is 4.00. The first-order valence-corrected chi connectivity index (χ1v) is 10.8. The smallest absolute Gasteiger partial charge is 0.410 e. The number of piperazine rings is 1. The Morgan fingerprint density at radius 3 is 2.53 bits per heavy atom. The van der Waals surface area contributed by atoms with Crippen molar-refractivity contribution < 1.29 is 18.7 Å². The third kappa shape index (κ3) is 4.98. The summed E-state index contributed by atoms with van der Waals surface area (Å²) in [5.74, 6) is 0.0142. The van der Waals surface area contributed by atoms with E-state index in [1.807, 2.05) is 25.7 Å². The Hall–Kier alpha value is -3.23. The van der Waals surface area contributed by atoms with Crippen molar-refractivity contribution in [2.24, 2.45) is 0 Å². The number of nitrogens with one attached hydrogen (secondary N) is 1. The number of amides is 2. The number of ether oxygens (including phenoxy) is 1. The maximum Gasteiger partial charge on any atom is 0.410 e. The quantitative estimate of drug-likeness (QED) is 0.788. The molecule has 1 saturated heterocycles. The largest absolute Gasteiger partial charge is 0.444 e. The van der Waals surface area contributed by atoms with E-state index in [1.54, 1.807) is 17.2 Å². The highest BCUT2D eigenvalue weighted by molar-refractivity contribution is 5.92. The Balaban J connectivity index is 1.33. The monoisotopic (exact) mass is 441 g/mol. The average Bonchev–Trinajstić information content (AvgIpc) is 3.14. The predicted octanol–water partition coefficient (Wildman–Crippen LogP) is 3.09. The van der Waals surface area contributed by atoms with Gasteiger partial charge in [0.1, 0.15) is 22.9 Å². The summed E-state index contributed by atoms with van der Waals surface area (Å²) in [6.45, 7) is 7.79. The molecule has 0 radical (unpaired) electrons. The number of carbonyl (C=O) groups excluding carboxylic acids is 2. The van der Waals surface area contributed by atoms with Crippen molar-refractivity contribution in [2.45, 2.75) is 45.3 Å². The van der Waals surface area contributed by atoms with Gasteiger partial charge in [0.25, 0.3) is 5.91 Å². The summed E-state index contributed by atoms with van der Waals surface area (Å²) >= 11 is 0. The van der Waals surface area contributed by atoms with Gasteiger partial charge in [-0.25, -0.2) is 19.2 Å². The van der Waals surface area contributed by atoms with Crippen molar-refractivity contribution in [3.63, 3.8) is 0 Å². The summed E-state index contributed by atoms with van der Waals surface area (Å²) in [5.41, 5.74) is 1.57. The van der Waals surface area contributed by atoms with Crippen LogP contribution >= 0.6 is 0 Å². The van der Waals surface area contributed by atoms with Crippen LogP contribution in [0.15, 0.2) is 30.6 Å². The second-order valence-corrected chi connectivity index (χ2v) is 9.12. The van der Waals surface area contributed by atoms with Crippen LogP contribution in [-0.2, 0) is 11.2 Å². The SMILES string of the molecule is CC(C)(C)OC(=O)N1CCN(c2cnc(C(=O)NC3CCc4ccc(F)cc43)cn2)CC1. The van der Waals surface area contributed by atoms with Gasteiger partial charge >= 0.3 is 6.09 Å². The first-order valence-electron chi connectivity index (χ1n) is 10.8. The average molecular weight is 442 g/mol. The molecule has 1 unspecified atom stereocenters. The molecule has 2 aromatic rings. The molecular formula is C23H28FN5O3. The van der Waals surface area contributed by atoms with Gasteiger partial charge in [-0.3, -0.25) is 4.79 Å². The van der Waals surface area contributed by atoms with E-state index < -0.39 is 5.60 Å². The van der Waals surface area contributed by atoms with Gasteiger partial charge in [-0.2, -0.15) is 0 Å². The number of rotatable bonds is 3. The molecule has 1 fully saturated rings. The topological polar surface area (TPSA) is 87.7 Å². The number of aromatic nitrogens is 2. The van der Waals surface area contributed by atoms with Crippen LogP contribution < -0.4 is 10.2 Å². The molecule has 1 aromatic heterocycles. The first kappa shape index (κ1) is 22.0. The molecule has 1 aliphatic carbocycles. The van der Waals surface area contributed by atoms with Gasteiger partial charge in [-0.15, -0.1) is 0 Å². The molecule has 0 saturated carbocycles. The normalized spacial score (nSPS) is 18.3. The van der Waals surface area contributed by atoms with Crippen molar-refractivity contribution >= 4 is 17.8 Å². The Labute approximate surface area is 186 Å². The minimum atomic E-state index is -0.523. The summed E-state index contributed by atoms with van der Waals surface area (Å²) in [7, 11) is 0. The predicted molar refractivity (Wildman–Crippen MR) is 117 cm³/mol. The van der Waals surface area contributed by atoms with Crippen LogP contribution in [0, 0.1) is 5.82 Å². The van der Waals surface area contributed by atoms with Crippen molar-refractivity contribution in [3.05, 3.63) is 53.2 Å². The molecule has 4 rings (SSSR count). The van der Waals surface area contributed by atoms with E-state index in [0.29, 0.717) is 32.0 Å². The van der Waals surface area contributed by atoms with Crippen LogP contribution in [0.4, 0.5) is 15.0 Å². The van der Waals surface area contributed by atoms with Crippen LogP contribution in [0.3, 0.4) is 0 Å². The Kier molecular flexibility index (Phi) is 5.99. The number of halogens is 1. The highest BCUT2D eigenvalue weighted by Crippen LogP contribution is 2.31.